The van der Waals surface area contributed by atoms with E-state index in [1.807, 2.05) is 18.9 Å². The van der Waals surface area contributed by atoms with Crippen molar-refractivity contribution in [2.45, 2.75) is 32.7 Å². The molecule has 1 aliphatic rings. The minimum Gasteiger partial charge on any atom is -0.345 e. The van der Waals surface area contributed by atoms with E-state index in [0.717, 1.165) is 26.2 Å². The minimum atomic E-state index is 0.261. The van der Waals surface area contributed by atoms with E-state index in [-0.39, 0.29) is 5.91 Å². The molecule has 3 heteroatoms. The van der Waals surface area contributed by atoms with Crippen LogP contribution in [0.3, 0.4) is 0 Å². The van der Waals surface area contributed by atoms with Gasteiger partial charge in [0.25, 0.3) is 0 Å². The van der Waals surface area contributed by atoms with Crippen LogP contribution in [0.1, 0.15) is 31.7 Å². The fourth-order valence-corrected chi connectivity index (χ4v) is 2.93. The van der Waals surface area contributed by atoms with Crippen molar-refractivity contribution < 1.29 is 4.79 Å². The number of carbonyl (C=O) groups is 1. The van der Waals surface area contributed by atoms with Gasteiger partial charge in [0.2, 0.25) is 5.91 Å². The number of rotatable bonds is 5. The average molecular weight is 274 g/mol. The molecule has 110 valence electrons. The zero-order chi connectivity index (χ0) is 14.4. The Morgan fingerprint density at radius 1 is 1.25 bits per heavy atom. The molecule has 1 saturated heterocycles. The van der Waals surface area contributed by atoms with Crippen LogP contribution < -0.4 is 0 Å². The molecule has 1 amide bonds. The van der Waals surface area contributed by atoms with E-state index in [1.54, 1.807) is 0 Å². The van der Waals surface area contributed by atoms with Gasteiger partial charge in [-0.1, -0.05) is 37.3 Å². The van der Waals surface area contributed by atoms with Gasteiger partial charge in [0, 0.05) is 26.6 Å². The summed E-state index contributed by atoms with van der Waals surface area (Å²) in [7, 11) is 1.93. The first-order chi connectivity index (χ1) is 9.69. The number of hydrogen-bond donors (Lipinski definition) is 0. The second-order valence-corrected chi connectivity index (χ2v) is 5.83. The zero-order valence-corrected chi connectivity index (χ0v) is 12.7. The summed E-state index contributed by atoms with van der Waals surface area (Å²) in [6.07, 6.45) is 3.02. The van der Waals surface area contributed by atoms with Crippen molar-refractivity contribution in [2.24, 2.45) is 5.92 Å². The lowest BCUT2D eigenvalue weighted by Gasteiger charge is -2.33. The molecule has 0 unspecified atom stereocenters. The van der Waals surface area contributed by atoms with Gasteiger partial charge in [-0.2, -0.15) is 0 Å². The molecule has 1 fully saturated rings. The lowest BCUT2D eigenvalue weighted by Crippen LogP contribution is -2.39. The van der Waals surface area contributed by atoms with Crippen LogP contribution in [0.5, 0.6) is 0 Å². The van der Waals surface area contributed by atoms with Crippen LogP contribution in [-0.4, -0.2) is 42.4 Å². The number of amides is 1. The Labute approximate surface area is 122 Å². The van der Waals surface area contributed by atoms with Crippen LogP contribution in [-0.2, 0) is 11.3 Å². The standard InChI is InChI=1S/C17H26N2O/c1-3-17(20)18(2)13-16-9-11-19(12-10-16)14-15-7-5-4-6-8-15/h4-8,16H,3,9-14H2,1-2H3. The Hall–Kier alpha value is -1.35. The summed E-state index contributed by atoms with van der Waals surface area (Å²) >= 11 is 0. The second kappa shape index (κ2) is 7.44. The predicted octanol–water partition coefficient (Wildman–Crippen LogP) is 2.77. The second-order valence-electron chi connectivity index (χ2n) is 5.83. The quantitative estimate of drug-likeness (QED) is 0.824. The molecule has 0 radical (unpaired) electrons. The smallest absolute Gasteiger partial charge is 0.222 e. The molecule has 0 aliphatic carbocycles. The number of carbonyl (C=O) groups excluding carboxylic acids is 1. The summed E-state index contributed by atoms with van der Waals surface area (Å²) in [5.74, 6) is 0.930. The largest absolute Gasteiger partial charge is 0.345 e. The van der Waals surface area contributed by atoms with E-state index in [4.69, 9.17) is 0 Å². The maximum Gasteiger partial charge on any atom is 0.222 e. The van der Waals surface area contributed by atoms with E-state index >= 15 is 0 Å². The molecule has 0 spiro atoms. The number of benzene rings is 1. The van der Waals surface area contributed by atoms with Gasteiger partial charge < -0.3 is 4.90 Å². The van der Waals surface area contributed by atoms with Gasteiger partial charge >= 0.3 is 0 Å². The molecule has 0 N–H and O–H groups in total. The van der Waals surface area contributed by atoms with E-state index in [1.165, 1.54) is 18.4 Å². The van der Waals surface area contributed by atoms with Gasteiger partial charge in [0.1, 0.15) is 0 Å². The SMILES string of the molecule is CCC(=O)N(C)CC1CCN(Cc2ccccc2)CC1. The van der Waals surface area contributed by atoms with Gasteiger partial charge in [-0.15, -0.1) is 0 Å². The molecule has 0 aromatic heterocycles. The van der Waals surface area contributed by atoms with Crippen LogP contribution in [0.2, 0.25) is 0 Å². The summed E-state index contributed by atoms with van der Waals surface area (Å²) in [4.78, 5) is 16.0. The summed E-state index contributed by atoms with van der Waals surface area (Å²) in [5.41, 5.74) is 1.39. The Balaban J connectivity index is 1.74. The summed E-state index contributed by atoms with van der Waals surface area (Å²) in [6, 6.07) is 10.7. The van der Waals surface area contributed by atoms with E-state index < -0.39 is 0 Å². The molecule has 1 aromatic rings. The van der Waals surface area contributed by atoms with Crippen molar-refractivity contribution in [3.8, 4) is 0 Å². The molecular formula is C17H26N2O. The van der Waals surface area contributed by atoms with Crippen molar-refractivity contribution in [1.82, 2.24) is 9.80 Å². The molecule has 3 nitrogen and oxygen atoms in total. The topological polar surface area (TPSA) is 23.6 Å². The van der Waals surface area contributed by atoms with E-state index in [0.29, 0.717) is 12.3 Å². The number of hydrogen-bond acceptors (Lipinski definition) is 2. The Morgan fingerprint density at radius 3 is 2.50 bits per heavy atom. The monoisotopic (exact) mass is 274 g/mol. The first-order valence-electron chi connectivity index (χ1n) is 7.69. The minimum absolute atomic E-state index is 0.261. The molecular weight excluding hydrogens is 248 g/mol. The zero-order valence-electron chi connectivity index (χ0n) is 12.7. The normalized spacial score (nSPS) is 17.1. The highest BCUT2D eigenvalue weighted by molar-refractivity contribution is 5.75. The van der Waals surface area contributed by atoms with E-state index in [2.05, 4.69) is 35.2 Å². The fraction of sp³-hybridized carbons (Fsp3) is 0.588. The van der Waals surface area contributed by atoms with Crippen molar-refractivity contribution in [1.29, 1.82) is 0 Å². The van der Waals surface area contributed by atoms with Crippen molar-refractivity contribution in [3.05, 3.63) is 35.9 Å². The number of nitrogens with zero attached hydrogens (tertiary/aromatic N) is 2. The van der Waals surface area contributed by atoms with E-state index in [9.17, 15) is 4.79 Å². The average Bonchev–Trinajstić information content (AvgIpc) is 2.49. The number of piperidine rings is 1. The maximum absolute atomic E-state index is 11.6. The van der Waals surface area contributed by atoms with Crippen LogP contribution in [0.4, 0.5) is 0 Å². The Kier molecular flexibility index (Phi) is 5.60. The third-order valence-corrected chi connectivity index (χ3v) is 4.22. The third kappa shape index (κ3) is 4.34. The molecule has 1 heterocycles. The van der Waals surface area contributed by atoms with Crippen LogP contribution in [0.15, 0.2) is 30.3 Å². The van der Waals surface area contributed by atoms with Gasteiger partial charge in [0.05, 0.1) is 0 Å². The summed E-state index contributed by atoms with van der Waals surface area (Å²) in [6.45, 7) is 6.20. The van der Waals surface area contributed by atoms with Crippen molar-refractivity contribution in [3.63, 3.8) is 0 Å². The third-order valence-electron chi connectivity index (χ3n) is 4.22. The Morgan fingerprint density at radius 2 is 1.90 bits per heavy atom. The molecule has 1 aliphatic heterocycles. The molecule has 0 atom stereocenters. The lowest BCUT2D eigenvalue weighted by atomic mass is 9.96. The first kappa shape index (κ1) is 15.0. The van der Waals surface area contributed by atoms with Gasteiger partial charge in [-0.3, -0.25) is 9.69 Å². The maximum atomic E-state index is 11.6. The lowest BCUT2D eigenvalue weighted by molar-refractivity contribution is -0.130. The number of likely N-dealkylation sites (tertiary alicyclic amines) is 1. The summed E-state index contributed by atoms with van der Waals surface area (Å²) < 4.78 is 0. The Bertz CT molecular complexity index is 410. The molecule has 0 saturated carbocycles. The molecule has 0 bridgehead atoms. The van der Waals surface area contributed by atoms with Crippen molar-refractivity contribution in [2.75, 3.05) is 26.7 Å². The predicted molar refractivity (Wildman–Crippen MR) is 82.4 cm³/mol. The van der Waals surface area contributed by atoms with Gasteiger partial charge in [-0.25, -0.2) is 0 Å². The highest BCUT2D eigenvalue weighted by Crippen LogP contribution is 2.20. The van der Waals surface area contributed by atoms with Crippen LogP contribution in [0.25, 0.3) is 0 Å². The van der Waals surface area contributed by atoms with Gasteiger partial charge in [-0.05, 0) is 37.4 Å². The van der Waals surface area contributed by atoms with Crippen LogP contribution in [0, 0.1) is 5.92 Å². The highest BCUT2D eigenvalue weighted by Gasteiger charge is 2.21. The van der Waals surface area contributed by atoms with Crippen LogP contribution >= 0.6 is 0 Å². The molecule has 2 rings (SSSR count). The highest BCUT2D eigenvalue weighted by atomic mass is 16.2. The van der Waals surface area contributed by atoms with Gasteiger partial charge in [0.15, 0.2) is 0 Å². The first-order valence-corrected chi connectivity index (χ1v) is 7.69. The fourth-order valence-electron chi connectivity index (χ4n) is 2.93. The van der Waals surface area contributed by atoms with Crippen molar-refractivity contribution >= 4 is 5.91 Å². The molecule has 20 heavy (non-hydrogen) atoms. The summed E-state index contributed by atoms with van der Waals surface area (Å²) in [5, 5.41) is 0. The molecule has 1 aromatic carbocycles.